The molecule has 6 nitrogen and oxygen atoms in total. The minimum absolute atomic E-state index is 0.0160. The summed E-state index contributed by atoms with van der Waals surface area (Å²) in [4.78, 5) is 15.0. The summed E-state index contributed by atoms with van der Waals surface area (Å²) in [6.45, 7) is 3.16. The number of hydrogen-bond donors (Lipinski definition) is 2. The number of halogens is 1. The topological polar surface area (TPSA) is 67.2 Å². The smallest absolute Gasteiger partial charge is 0.276 e. The zero-order chi connectivity index (χ0) is 23.3. The Morgan fingerprint density at radius 3 is 2.15 bits per heavy atom. The highest BCUT2D eigenvalue weighted by Gasteiger charge is 2.45. The molecule has 1 saturated heterocycles. The van der Waals surface area contributed by atoms with Gasteiger partial charge in [-0.15, -0.1) is 0 Å². The second kappa shape index (κ2) is 8.32. The maximum atomic E-state index is 13.8. The fraction of sp³-hybridized carbons (Fsp3) is 0.346. The first kappa shape index (κ1) is 21.7. The maximum absolute atomic E-state index is 13.8. The van der Waals surface area contributed by atoms with Gasteiger partial charge >= 0.3 is 0 Å². The SMILES string of the molecule is CC(C)N1CN(C2c3ccccc3CCc3ccccc32)N2C=C(CF)C(O)C(O)=C2C1=O. The average Bonchev–Trinajstić information content (AvgIpc) is 2.98. The second-order valence-electron chi connectivity index (χ2n) is 9.07. The van der Waals surface area contributed by atoms with E-state index in [1.807, 2.05) is 43.1 Å². The Labute approximate surface area is 192 Å². The summed E-state index contributed by atoms with van der Waals surface area (Å²) in [7, 11) is 0. The first-order valence-corrected chi connectivity index (χ1v) is 11.3. The van der Waals surface area contributed by atoms with Crippen molar-refractivity contribution in [2.75, 3.05) is 13.3 Å². The van der Waals surface area contributed by atoms with Gasteiger partial charge in [-0.25, -0.2) is 4.39 Å². The van der Waals surface area contributed by atoms with Gasteiger partial charge in [-0.1, -0.05) is 48.5 Å². The standard InChI is InChI=1S/C26H28FN3O3/c1-16(2)28-15-30(29-14-19(13-27)24(31)25(32)23(29)26(28)33)22-20-9-5-3-7-17(20)11-12-18-8-4-6-10-21(18)22/h3-10,14,16,22,24,31-32H,11-13,15H2,1-2H3. The normalized spacial score (nSPS) is 21.5. The van der Waals surface area contributed by atoms with Crippen LogP contribution in [0.5, 0.6) is 0 Å². The minimum Gasteiger partial charge on any atom is -0.507 e. The molecule has 172 valence electrons. The van der Waals surface area contributed by atoms with Crippen LogP contribution < -0.4 is 0 Å². The number of aliphatic hydroxyl groups is 2. The highest BCUT2D eigenvalue weighted by molar-refractivity contribution is 5.94. The monoisotopic (exact) mass is 449 g/mol. The number of carbonyl (C=O) groups is 1. The average molecular weight is 450 g/mol. The molecule has 0 saturated carbocycles. The van der Waals surface area contributed by atoms with Gasteiger partial charge in [-0.05, 0) is 48.9 Å². The Morgan fingerprint density at radius 2 is 1.61 bits per heavy atom. The Bertz CT molecular complexity index is 1110. The minimum atomic E-state index is -1.53. The molecule has 2 aliphatic heterocycles. The zero-order valence-electron chi connectivity index (χ0n) is 18.8. The number of aliphatic hydroxyl groups excluding tert-OH is 2. The molecule has 0 radical (unpaired) electrons. The summed E-state index contributed by atoms with van der Waals surface area (Å²) < 4.78 is 13.8. The van der Waals surface area contributed by atoms with E-state index in [0.717, 1.165) is 24.0 Å². The maximum Gasteiger partial charge on any atom is 0.276 e. The van der Waals surface area contributed by atoms with Crippen molar-refractivity contribution in [3.8, 4) is 0 Å². The summed E-state index contributed by atoms with van der Waals surface area (Å²) in [5.41, 5.74) is 4.64. The van der Waals surface area contributed by atoms with Crippen molar-refractivity contribution < 1.29 is 19.4 Å². The number of fused-ring (bicyclic) bond motifs is 3. The van der Waals surface area contributed by atoms with Gasteiger partial charge < -0.3 is 15.1 Å². The van der Waals surface area contributed by atoms with Gasteiger partial charge in [-0.2, -0.15) is 5.01 Å². The lowest BCUT2D eigenvalue weighted by molar-refractivity contribution is -0.153. The third-order valence-corrected chi connectivity index (χ3v) is 6.85. The summed E-state index contributed by atoms with van der Waals surface area (Å²) in [6.07, 6.45) is 1.71. The molecule has 1 atom stereocenters. The first-order valence-electron chi connectivity index (χ1n) is 11.3. The van der Waals surface area contributed by atoms with Crippen molar-refractivity contribution >= 4 is 5.91 Å². The van der Waals surface area contributed by atoms with E-state index in [9.17, 15) is 19.4 Å². The number of rotatable bonds is 3. The van der Waals surface area contributed by atoms with Gasteiger partial charge in [0.15, 0.2) is 11.5 Å². The Kier molecular flexibility index (Phi) is 5.46. The molecular formula is C26H28FN3O3. The van der Waals surface area contributed by atoms with Crippen LogP contribution in [0, 0.1) is 0 Å². The van der Waals surface area contributed by atoms with Crippen LogP contribution in [0.4, 0.5) is 4.39 Å². The molecule has 0 aromatic heterocycles. The van der Waals surface area contributed by atoms with Crippen LogP contribution in [0.15, 0.2) is 71.8 Å². The molecule has 2 heterocycles. The van der Waals surface area contributed by atoms with Crippen LogP contribution in [-0.4, -0.2) is 56.5 Å². The van der Waals surface area contributed by atoms with E-state index in [4.69, 9.17) is 0 Å². The largest absolute Gasteiger partial charge is 0.507 e. The van der Waals surface area contributed by atoms with Gasteiger partial charge in [-0.3, -0.25) is 9.80 Å². The molecule has 2 aromatic carbocycles. The number of alkyl halides is 1. The van der Waals surface area contributed by atoms with Crippen molar-refractivity contribution in [2.45, 2.75) is 44.9 Å². The van der Waals surface area contributed by atoms with Crippen LogP contribution in [0.25, 0.3) is 0 Å². The van der Waals surface area contributed by atoms with E-state index in [-0.39, 0.29) is 35.9 Å². The molecule has 1 aliphatic carbocycles. The molecule has 2 aromatic rings. The summed E-state index contributed by atoms with van der Waals surface area (Å²) >= 11 is 0. The molecular weight excluding hydrogens is 421 g/mol. The lowest BCUT2D eigenvalue weighted by atomic mass is 9.93. The third-order valence-electron chi connectivity index (χ3n) is 6.85. The molecule has 3 aliphatic rings. The van der Waals surface area contributed by atoms with E-state index < -0.39 is 18.5 Å². The van der Waals surface area contributed by atoms with Crippen LogP contribution in [0.3, 0.4) is 0 Å². The summed E-state index contributed by atoms with van der Waals surface area (Å²) in [6, 6.07) is 16.1. The van der Waals surface area contributed by atoms with E-state index in [1.54, 1.807) is 9.91 Å². The van der Waals surface area contributed by atoms with Crippen LogP contribution in [-0.2, 0) is 17.6 Å². The van der Waals surface area contributed by atoms with Crippen molar-refractivity contribution in [1.82, 2.24) is 14.9 Å². The number of hydrazine groups is 1. The van der Waals surface area contributed by atoms with Crippen LogP contribution >= 0.6 is 0 Å². The number of carbonyl (C=O) groups excluding carboxylic acids is 1. The Balaban J connectivity index is 1.74. The first-order chi connectivity index (χ1) is 15.9. The van der Waals surface area contributed by atoms with Gasteiger partial charge in [0.05, 0.1) is 12.7 Å². The van der Waals surface area contributed by atoms with Crippen LogP contribution in [0.2, 0.25) is 0 Å². The van der Waals surface area contributed by atoms with E-state index in [2.05, 4.69) is 24.3 Å². The van der Waals surface area contributed by atoms with Crippen molar-refractivity contribution in [3.05, 3.63) is 94.0 Å². The van der Waals surface area contributed by atoms with Gasteiger partial charge in [0.25, 0.3) is 5.91 Å². The van der Waals surface area contributed by atoms with Gasteiger partial charge in [0, 0.05) is 17.8 Å². The molecule has 0 bridgehead atoms. The van der Waals surface area contributed by atoms with E-state index in [1.165, 1.54) is 17.3 Å². The lowest BCUT2D eigenvalue weighted by Gasteiger charge is -2.50. The number of nitrogens with zero attached hydrogens (tertiary/aromatic N) is 3. The Morgan fingerprint density at radius 1 is 1.03 bits per heavy atom. The Hall–Kier alpha value is -3.16. The number of amides is 1. The third kappa shape index (κ3) is 3.43. The van der Waals surface area contributed by atoms with Crippen molar-refractivity contribution in [2.24, 2.45) is 0 Å². The number of hydrogen-bond acceptors (Lipinski definition) is 5. The molecule has 2 N–H and O–H groups in total. The molecule has 5 rings (SSSR count). The molecule has 33 heavy (non-hydrogen) atoms. The number of aryl methyl sites for hydroxylation is 2. The highest BCUT2D eigenvalue weighted by atomic mass is 19.1. The lowest BCUT2D eigenvalue weighted by Crippen LogP contribution is -2.60. The van der Waals surface area contributed by atoms with Crippen molar-refractivity contribution in [3.63, 3.8) is 0 Å². The predicted molar refractivity (Wildman–Crippen MR) is 122 cm³/mol. The fourth-order valence-electron chi connectivity index (χ4n) is 5.08. The molecule has 1 fully saturated rings. The fourth-order valence-corrected chi connectivity index (χ4v) is 5.08. The quantitative estimate of drug-likeness (QED) is 0.750. The van der Waals surface area contributed by atoms with Crippen molar-refractivity contribution in [1.29, 1.82) is 0 Å². The zero-order valence-corrected chi connectivity index (χ0v) is 18.8. The summed E-state index contributed by atoms with van der Waals surface area (Å²) in [5.74, 6) is -0.900. The molecule has 0 spiro atoms. The predicted octanol–water partition coefficient (Wildman–Crippen LogP) is 3.60. The van der Waals surface area contributed by atoms with E-state index in [0.29, 0.717) is 0 Å². The highest BCUT2D eigenvalue weighted by Crippen LogP contribution is 2.42. The molecule has 7 heteroatoms. The van der Waals surface area contributed by atoms with Crippen LogP contribution in [0.1, 0.15) is 42.1 Å². The summed E-state index contributed by atoms with van der Waals surface area (Å²) in [5, 5.41) is 24.8. The second-order valence-corrected chi connectivity index (χ2v) is 9.07. The van der Waals surface area contributed by atoms with E-state index >= 15 is 0 Å². The van der Waals surface area contributed by atoms with Gasteiger partial charge in [0.2, 0.25) is 0 Å². The van der Waals surface area contributed by atoms with Gasteiger partial charge in [0.1, 0.15) is 12.8 Å². The number of benzene rings is 2. The molecule has 1 unspecified atom stereocenters. The molecule has 1 amide bonds.